The zero-order valence-corrected chi connectivity index (χ0v) is 18.4. The van der Waals surface area contributed by atoms with Crippen LogP contribution in [0.15, 0.2) is 46.3 Å². The second-order valence-corrected chi connectivity index (χ2v) is 8.99. The first-order chi connectivity index (χ1) is 15.7. The highest BCUT2D eigenvalue weighted by atomic mass is 32.1. The molecule has 0 aliphatic carbocycles. The summed E-state index contributed by atoms with van der Waals surface area (Å²) < 4.78 is 16.9. The van der Waals surface area contributed by atoms with E-state index in [0.717, 1.165) is 40.5 Å². The maximum absolute atomic E-state index is 13.9. The van der Waals surface area contributed by atoms with Gasteiger partial charge in [0.2, 0.25) is 0 Å². The summed E-state index contributed by atoms with van der Waals surface area (Å²) in [6, 6.07) is 11.8. The molecule has 0 radical (unpaired) electrons. The number of carbonyl (C=O) groups is 1. The molecule has 3 aromatic heterocycles. The number of carbonyl (C=O) groups excluding carboxylic acids is 1. The molecule has 2 aliphatic heterocycles. The molecular formula is C24H21N3O4S. The van der Waals surface area contributed by atoms with Gasteiger partial charge in [-0.15, -0.1) is 11.3 Å². The lowest BCUT2D eigenvalue weighted by Gasteiger charge is -2.27. The van der Waals surface area contributed by atoms with Crippen molar-refractivity contribution in [2.24, 2.45) is 0 Å². The van der Waals surface area contributed by atoms with Gasteiger partial charge in [0.15, 0.2) is 11.5 Å². The molecule has 162 valence electrons. The smallest absolute Gasteiger partial charge is 0.259 e. The average Bonchev–Trinajstić information content (AvgIpc) is 3.59. The standard InChI is InChI=1S/C24H21N3O4S/c1-14-22-16(13-17(21-5-3-11-32-21)25-23(22)31-26-14)24(28)27-8-2-4-18(27)15-6-7-19-20(12-15)30-10-9-29-19/h3,5-7,11-13,18H,2,4,8-10H2,1H3/t18-/m0/s1. The van der Waals surface area contributed by atoms with Crippen LogP contribution >= 0.6 is 11.3 Å². The van der Waals surface area contributed by atoms with E-state index in [1.807, 2.05) is 53.6 Å². The quantitative estimate of drug-likeness (QED) is 0.439. The first-order valence-corrected chi connectivity index (χ1v) is 11.6. The van der Waals surface area contributed by atoms with E-state index in [2.05, 4.69) is 10.1 Å². The number of benzene rings is 1. The van der Waals surface area contributed by atoms with Gasteiger partial charge in [0.1, 0.15) is 13.2 Å². The summed E-state index contributed by atoms with van der Waals surface area (Å²) in [5.41, 5.74) is 3.44. The van der Waals surface area contributed by atoms with Gasteiger partial charge in [-0.3, -0.25) is 4.79 Å². The molecule has 1 atom stereocenters. The van der Waals surface area contributed by atoms with Crippen molar-refractivity contribution in [3.05, 3.63) is 58.6 Å². The first kappa shape index (κ1) is 19.3. The fourth-order valence-electron chi connectivity index (χ4n) is 4.59. The van der Waals surface area contributed by atoms with Crippen LogP contribution in [0.1, 0.15) is 40.5 Å². The van der Waals surface area contributed by atoms with Gasteiger partial charge in [0.05, 0.1) is 33.3 Å². The molecule has 0 saturated carbocycles. The topological polar surface area (TPSA) is 77.7 Å². The van der Waals surface area contributed by atoms with E-state index in [1.54, 1.807) is 11.3 Å². The normalized spacial score (nSPS) is 17.8. The first-order valence-electron chi connectivity index (χ1n) is 10.7. The van der Waals surface area contributed by atoms with Gasteiger partial charge in [-0.2, -0.15) is 0 Å². The lowest BCUT2D eigenvalue weighted by Crippen LogP contribution is -2.31. The van der Waals surface area contributed by atoms with Crippen LogP contribution in [0.3, 0.4) is 0 Å². The fourth-order valence-corrected chi connectivity index (χ4v) is 5.28. The van der Waals surface area contributed by atoms with Crippen LogP contribution < -0.4 is 9.47 Å². The number of rotatable bonds is 3. The van der Waals surface area contributed by atoms with Crippen LogP contribution in [0, 0.1) is 6.92 Å². The molecule has 1 saturated heterocycles. The molecule has 6 rings (SSSR count). The third-order valence-electron chi connectivity index (χ3n) is 6.09. The summed E-state index contributed by atoms with van der Waals surface area (Å²) >= 11 is 1.58. The molecule has 5 heterocycles. The predicted molar refractivity (Wildman–Crippen MR) is 120 cm³/mol. The number of likely N-dealkylation sites (tertiary alicyclic amines) is 1. The van der Waals surface area contributed by atoms with Crippen LogP contribution in [0.5, 0.6) is 11.5 Å². The number of thiophene rings is 1. The SMILES string of the molecule is Cc1noc2nc(-c3cccs3)cc(C(=O)N3CCC[C@H]3c3ccc4c(c3)OCCO4)c12. The Morgan fingerprint density at radius 1 is 1.16 bits per heavy atom. The molecule has 4 aromatic rings. The Bertz CT molecular complexity index is 1310. The van der Waals surface area contributed by atoms with Crippen molar-refractivity contribution in [2.45, 2.75) is 25.8 Å². The Morgan fingerprint density at radius 2 is 2.03 bits per heavy atom. The van der Waals surface area contributed by atoms with Crippen LogP contribution in [-0.4, -0.2) is 40.7 Å². The van der Waals surface area contributed by atoms with Gasteiger partial charge in [-0.05, 0) is 55.0 Å². The summed E-state index contributed by atoms with van der Waals surface area (Å²) in [5.74, 6) is 1.47. The van der Waals surface area contributed by atoms with Crippen molar-refractivity contribution < 1.29 is 18.8 Å². The lowest BCUT2D eigenvalue weighted by atomic mass is 10.0. The summed E-state index contributed by atoms with van der Waals surface area (Å²) in [5, 5.41) is 6.75. The average molecular weight is 448 g/mol. The molecule has 0 bridgehead atoms. The van der Waals surface area contributed by atoms with Crippen LogP contribution in [0.25, 0.3) is 21.7 Å². The van der Waals surface area contributed by atoms with Crippen LogP contribution in [-0.2, 0) is 0 Å². The third-order valence-corrected chi connectivity index (χ3v) is 6.98. The Balaban J connectivity index is 1.41. The second kappa shape index (κ2) is 7.63. The maximum atomic E-state index is 13.9. The molecule has 8 heteroatoms. The molecule has 2 aliphatic rings. The number of hydrogen-bond acceptors (Lipinski definition) is 7. The predicted octanol–water partition coefficient (Wildman–Crippen LogP) is 5.01. The molecule has 1 aromatic carbocycles. The highest BCUT2D eigenvalue weighted by Crippen LogP contribution is 2.39. The van der Waals surface area contributed by atoms with E-state index < -0.39 is 0 Å². The Kier molecular flexibility index (Phi) is 4.61. The van der Waals surface area contributed by atoms with Crippen LogP contribution in [0.2, 0.25) is 0 Å². The maximum Gasteiger partial charge on any atom is 0.259 e. The molecule has 32 heavy (non-hydrogen) atoms. The Labute approximate surface area is 188 Å². The zero-order valence-electron chi connectivity index (χ0n) is 17.5. The molecule has 0 unspecified atom stereocenters. The Morgan fingerprint density at radius 3 is 2.88 bits per heavy atom. The van der Waals surface area contributed by atoms with Gasteiger partial charge < -0.3 is 18.9 Å². The molecule has 1 amide bonds. The van der Waals surface area contributed by atoms with Gasteiger partial charge in [0.25, 0.3) is 11.6 Å². The number of amides is 1. The lowest BCUT2D eigenvalue weighted by molar-refractivity contribution is 0.0737. The van der Waals surface area contributed by atoms with Gasteiger partial charge in [-0.25, -0.2) is 4.98 Å². The van der Waals surface area contributed by atoms with E-state index in [0.29, 0.717) is 42.1 Å². The van der Waals surface area contributed by atoms with E-state index >= 15 is 0 Å². The fraction of sp³-hybridized carbons (Fsp3) is 0.292. The van der Waals surface area contributed by atoms with E-state index in [1.165, 1.54) is 0 Å². The summed E-state index contributed by atoms with van der Waals surface area (Å²) in [4.78, 5) is 21.4. The number of nitrogens with zero attached hydrogens (tertiary/aromatic N) is 3. The number of aryl methyl sites for hydroxylation is 1. The largest absolute Gasteiger partial charge is 0.486 e. The molecule has 0 spiro atoms. The summed E-state index contributed by atoms with van der Waals surface area (Å²) in [7, 11) is 0. The van der Waals surface area contributed by atoms with E-state index in [9.17, 15) is 4.79 Å². The van der Waals surface area contributed by atoms with E-state index in [4.69, 9.17) is 14.0 Å². The van der Waals surface area contributed by atoms with Crippen LogP contribution in [0.4, 0.5) is 0 Å². The zero-order chi connectivity index (χ0) is 21.7. The molecule has 0 N–H and O–H groups in total. The number of pyridine rings is 1. The molecule has 7 nitrogen and oxygen atoms in total. The van der Waals surface area contributed by atoms with Gasteiger partial charge >= 0.3 is 0 Å². The van der Waals surface area contributed by atoms with Crippen molar-refractivity contribution in [3.8, 4) is 22.1 Å². The minimum atomic E-state index is -0.0288. The van der Waals surface area contributed by atoms with Crippen molar-refractivity contribution in [2.75, 3.05) is 19.8 Å². The van der Waals surface area contributed by atoms with Crippen molar-refractivity contribution in [1.82, 2.24) is 15.0 Å². The van der Waals surface area contributed by atoms with Crippen molar-refractivity contribution in [1.29, 1.82) is 0 Å². The monoisotopic (exact) mass is 447 g/mol. The second-order valence-electron chi connectivity index (χ2n) is 8.04. The van der Waals surface area contributed by atoms with Crippen molar-refractivity contribution in [3.63, 3.8) is 0 Å². The number of aromatic nitrogens is 2. The van der Waals surface area contributed by atoms with E-state index in [-0.39, 0.29) is 11.9 Å². The molecular weight excluding hydrogens is 426 g/mol. The third kappa shape index (κ3) is 3.14. The van der Waals surface area contributed by atoms with Gasteiger partial charge in [-0.1, -0.05) is 17.3 Å². The number of hydrogen-bond donors (Lipinski definition) is 0. The summed E-state index contributed by atoms with van der Waals surface area (Å²) in [6.45, 7) is 3.64. The highest BCUT2D eigenvalue weighted by molar-refractivity contribution is 7.13. The number of ether oxygens (including phenoxy) is 2. The molecule has 1 fully saturated rings. The van der Waals surface area contributed by atoms with Crippen molar-refractivity contribution >= 4 is 28.3 Å². The summed E-state index contributed by atoms with van der Waals surface area (Å²) in [6.07, 6.45) is 1.85. The highest BCUT2D eigenvalue weighted by Gasteiger charge is 2.33. The number of fused-ring (bicyclic) bond motifs is 2. The minimum absolute atomic E-state index is 0.0214. The van der Waals surface area contributed by atoms with Gasteiger partial charge in [0, 0.05) is 6.54 Å². The Hall–Kier alpha value is -3.39. The minimum Gasteiger partial charge on any atom is -0.486 e.